The van der Waals surface area contributed by atoms with Gasteiger partial charge in [-0.05, 0) is 24.5 Å². The minimum Gasteiger partial charge on any atom is -0.476 e. The lowest BCUT2D eigenvalue weighted by Crippen LogP contribution is -2.17. The Morgan fingerprint density at radius 1 is 1.30 bits per heavy atom. The molecule has 1 aliphatic rings. The highest BCUT2D eigenvalue weighted by Gasteiger charge is 2.41. The quantitative estimate of drug-likeness (QED) is 0.562. The van der Waals surface area contributed by atoms with Crippen LogP contribution in [0, 0.1) is 0 Å². The number of carbonyl (C=O) groups excluding carboxylic acids is 1. The van der Waals surface area contributed by atoms with Gasteiger partial charge in [0.2, 0.25) is 5.69 Å². The molecule has 0 radical (unpaired) electrons. The van der Waals surface area contributed by atoms with Crippen LogP contribution in [0.3, 0.4) is 0 Å². The van der Waals surface area contributed by atoms with Crippen LogP contribution in [0.5, 0.6) is 0 Å². The van der Waals surface area contributed by atoms with E-state index in [4.69, 9.17) is 9.08 Å². The number of aromatic nitrogens is 1. The van der Waals surface area contributed by atoms with Gasteiger partial charge in [0.1, 0.15) is 5.56 Å². The van der Waals surface area contributed by atoms with Crippen molar-refractivity contribution < 1.29 is 41.2 Å². The lowest BCUT2D eigenvalue weighted by atomic mass is 9.94. The molecule has 1 aromatic heterocycles. The van der Waals surface area contributed by atoms with E-state index < -0.39 is 57.1 Å². The Balaban J connectivity index is 2.14. The minimum absolute atomic E-state index is 0.0361. The zero-order valence-corrected chi connectivity index (χ0v) is 14.3. The first-order chi connectivity index (χ1) is 12.6. The number of rotatable bonds is 6. The number of ketones is 1. The zero-order chi connectivity index (χ0) is 19.9. The SMILES string of the molecule is O=C(O)c1noc(C2CC2)c1C(=O)c1ccc(CS(=O)O)cc1C(F)(F)F. The minimum atomic E-state index is -4.93. The Morgan fingerprint density at radius 3 is 2.48 bits per heavy atom. The van der Waals surface area contributed by atoms with Crippen molar-refractivity contribution in [2.75, 3.05) is 0 Å². The Bertz CT molecular complexity index is 948. The molecule has 1 atom stereocenters. The molecule has 11 heteroatoms. The second kappa shape index (κ2) is 6.89. The van der Waals surface area contributed by atoms with Gasteiger partial charge in [-0.1, -0.05) is 17.3 Å². The predicted molar refractivity (Wildman–Crippen MR) is 84.8 cm³/mol. The lowest BCUT2D eigenvalue weighted by molar-refractivity contribution is -0.137. The normalized spacial score (nSPS) is 15.6. The average Bonchev–Trinajstić information content (AvgIpc) is 3.30. The Kier molecular flexibility index (Phi) is 4.91. The van der Waals surface area contributed by atoms with Gasteiger partial charge in [0.15, 0.2) is 22.6 Å². The third-order valence-corrected chi connectivity index (χ3v) is 4.60. The first kappa shape index (κ1) is 19.2. The van der Waals surface area contributed by atoms with Gasteiger partial charge in [-0.3, -0.25) is 4.79 Å². The van der Waals surface area contributed by atoms with E-state index in [0.717, 1.165) is 12.1 Å². The summed E-state index contributed by atoms with van der Waals surface area (Å²) in [5.41, 5.74) is -3.42. The number of carbonyl (C=O) groups is 2. The topological polar surface area (TPSA) is 118 Å². The molecule has 1 heterocycles. The fourth-order valence-corrected chi connectivity index (χ4v) is 3.15. The van der Waals surface area contributed by atoms with Gasteiger partial charge in [0.25, 0.3) is 0 Å². The van der Waals surface area contributed by atoms with E-state index in [1.54, 1.807) is 0 Å². The van der Waals surface area contributed by atoms with Crippen LogP contribution in [0.1, 0.15) is 62.1 Å². The summed E-state index contributed by atoms with van der Waals surface area (Å²) in [5.74, 6) is -3.59. The molecule has 27 heavy (non-hydrogen) atoms. The summed E-state index contributed by atoms with van der Waals surface area (Å²) in [6.45, 7) is 0. The highest BCUT2D eigenvalue weighted by molar-refractivity contribution is 7.78. The summed E-state index contributed by atoms with van der Waals surface area (Å²) in [6.07, 6.45) is -3.71. The smallest absolute Gasteiger partial charge is 0.417 e. The zero-order valence-electron chi connectivity index (χ0n) is 13.4. The third kappa shape index (κ3) is 3.93. The fraction of sp³-hybridized carbons (Fsp3) is 0.312. The van der Waals surface area contributed by atoms with E-state index in [-0.39, 0.29) is 17.2 Å². The summed E-state index contributed by atoms with van der Waals surface area (Å²) in [7, 11) is 0. The molecular formula is C16H12F3NO6S. The monoisotopic (exact) mass is 403 g/mol. The predicted octanol–water partition coefficient (Wildman–Crippen LogP) is 3.22. The largest absolute Gasteiger partial charge is 0.476 e. The van der Waals surface area contributed by atoms with Gasteiger partial charge in [0, 0.05) is 11.5 Å². The molecule has 144 valence electrons. The highest BCUT2D eigenvalue weighted by atomic mass is 32.2. The van der Waals surface area contributed by atoms with Gasteiger partial charge in [-0.25, -0.2) is 9.00 Å². The molecule has 0 aliphatic heterocycles. The number of alkyl halides is 3. The maximum Gasteiger partial charge on any atom is 0.417 e. The molecule has 0 amide bonds. The maximum atomic E-state index is 13.5. The molecule has 1 aromatic carbocycles. The van der Waals surface area contributed by atoms with Crippen LogP contribution >= 0.6 is 0 Å². The van der Waals surface area contributed by atoms with Gasteiger partial charge >= 0.3 is 12.1 Å². The van der Waals surface area contributed by atoms with E-state index in [2.05, 4.69) is 5.16 Å². The number of carboxylic acids is 1. The van der Waals surface area contributed by atoms with E-state index in [0.29, 0.717) is 18.9 Å². The molecule has 3 rings (SSSR count). The van der Waals surface area contributed by atoms with Crippen molar-refractivity contribution in [2.45, 2.75) is 30.7 Å². The molecular weight excluding hydrogens is 391 g/mol. The number of halogens is 3. The maximum absolute atomic E-state index is 13.5. The third-order valence-electron chi connectivity index (χ3n) is 4.02. The number of hydrogen-bond donors (Lipinski definition) is 2. The van der Waals surface area contributed by atoms with Crippen molar-refractivity contribution in [3.8, 4) is 0 Å². The number of hydrogen-bond acceptors (Lipinski definition) is 5. The first-order valence-electron chi connectivity index (χ1n) is 7.64. The standard InChI is InChI=1S/C16H12F3NO6S/c17-16(18,19)10-5-7(6-27(24)25)1-4-9(10)13(21)11-12(15(22)23)20-26-14(11)8-2-3-8/h1,4-5,8H,2-3,6H2,(H,22,23)(H,24,25). The number of aromatic carboxylic acids is 1. The van der Waals surface area contributed by atoms with Crippen LogP contribution in [-0.2, 0) is 23.0 Å². The average molecular weight is 403 g/mol. The first-order valence-corrected chi connectivity index (χ1v) is 8.92. The molecule has 0 saturated heterocycles. The summed E-state index contributed by atoms with van der Waals surface area (Å²) < 4.78 is 65.0. The Hall–Kier alpha value is -2.53. The van der Waals surface area contributed by atoms with Crippen LogP contribution in [0.2, 0.25) is 0 Å². The van der Waals surface area contributed by atoms with Crippen LogP contribution in [0.15, 0.2) is 22.7 Å². The fourth-order valence-electron chi connectivity index (χ4n) is 2.68. The van der Waals surface area contributed by atoms with Gasteiger partial charge < -0.3 is 14.2 Å². The molecule has 1 fully saturated rings. The number of nitrogens with zero attached hydrogens (tertiary/aromatic N) is 1. The molecule has 1 saturated carbocycles. The summed E-state index contributed by atoms with van der Waals surface area (Å²) >= 11 is -2.36. The van der Waals surface area contributed by atoms with Gasteiger partial charge in [0.05, 0.1) is 11.3 Å². The molecule has 2 aromatic rings. The van der Waals surface area contributed by atoms with Crippen LogP contribution in [0.4, 0.5) is 13.2 Å². The van der Waals surface area contributed by atoms with Crippen LogP contribution < -0.4 is 0 Å². The van der Waals surface area contributed by atoms with E-state index in [1.165, 1.54) is 0 Å². The lowest BCUT2D eigenvalue weighted by Gasteiger charge is -2.13. The van der Waals surface area contributed by atoms with Gasteiger partial charge in [-0.15, -0.1) is 0 Å². The van der Waals surface area contributed by atoms with Crippen LogP contribution in [-0.4, -0.2) is 30.8 Å². The highest BCUT2D eigenvalue weighted by Crippen LogP contribution is 2.43. The van der Waals surface area contributed by atoms with E-state index >= 15 is 0 Å². The molecule has 0 spiro atoms. The van der Waals surface area contributed by atoms with Crippen molar-refractivity contribution in [2.24, 2.45) is 0 Å². The van der Waals surface area contributed by atoms with Crippen LogP contribution in [0.25, 0.3) is 0 Å². The van der Waals surface area contributed by atoms with Crippen molar-refractivity contribution in [1.29, 1.82) is 0 Å². The Labute approximate surface area is 152 Å². The number of benzene rings is 1. The Morgan fingerprint density at radius 2 is 1.96 bits per heavy atom. The molecule has 2 N–H and O–H groups in total. The van der Waals surface area contributed by atoms with Crippen molar-refractivity contribution in [3.63, 3.8) is 0 Å². The molecule has 1 aliphatic carbocycles. The second-order valence-electron chi connectivity index (χ2n) is 6.02. The van der Waals surface area contributed by atoms with Crippen molar-refractivity contribution in [1.82, 2.24) is 5.16 Å². The van der Waals surface area contributed by atoms with E-state index in [1.807, 2.05) is 0 Å². The summed E-state index contributed by atoms with van der Waals surface area (Å²) in [4.78, 5) is 24.1. The van der Waals surface area contributed by atoms with Crippen molar-refractivity contribution >= 4 is 22.8 Å². The second-order valence-corrected chi connectivity index (χ2v) is 6.95. The molecule has 7 nitrogen and oxygen atoms in total. The summed E-state index contributed by atoms with van der Waals surface area (Å²) in [6, 6.07) is 2.58. The van der Waals surface area contributed by atoms with Crippen molar-refractivity contribution in [3.05, 3.63) is 51.9 Å². The van der Waals surface area contributed by atoms with Gasteiger partial charge in [-0.2, -0.15) is 13.2 Å². The summed E-state index contributed by atoms with van der Waals surface area (Å²) in [5, 5.41) is 12.5. The van der Waals surface area contributed by atoms with E-state index in [9.17, 15) is 32.1 Å². The molecule has 0 bridgehead atoms. The molecule has 1 unspecified atom stereocenters. The number of carboxylic acid groups (broad SMARTS) is 1.